The van der Waals surface area contributed by atoms with Crippen LogP contribution in [0.2, 0.25) is 0 Å². The Morgan fingerprint density at radius 1 is 0.400 bits per heavy atom. The number of hydrogen-bond donors (Lipinski definition) is 0. The summed E-state index contributed by atoms with van der Waals surface area (Å²) in [5, 5.41) is 0. The maximum atomic E-state index is 2.99. The Morgan fingerprint density at radius 3 is 1.76 bits per heavy atom. The van der Waals surface area contributed by atoms with Crippen molar-refractivity contribution in [3.63, 3.8) is 0 Å². The molecule has 3 fully saturated rings. The summed E-state index contributed by atoms with van der Waals surface area (Å²) in [5.74, 6) is 6.80. The predicted molar refractivity (Wildman–Crippen MR) is 286 cm³/mol. The Bertz CT molecular complexity index is 2590. The molecule has 0 aromatic rings. The monoisotopic (exact) mass is 927 g/mol. The number of rotatable bonds is 6. The SMILES string of the molecule is C1=CCCC(N2C3CCC(C4C=CC5C(C4)C4CC(C6C=CC7C(C6)C6CCC=CC6N7C6=CC7=C(CC6)C6C=CC=CC6N7C6CC=CCC6)C=CC4N5C4=CC=CCC4)C=C3C3CCC=CC32)=C1. The van der Waals surface area contributed by atoms with Crippen LogP contribution in [-0.2, 0) is 0 Å². The van der Waals surface area contributed by atoms with Crippen LogP contribution < -0.4 is 0 Å². The Morgan fingerprint density at radius 2 is 1.04 bits per heavy atom. The third-order valence-corrected chi connectivity index (χ3v) is 21.6. The highest BCUT2D eigenvalue weighted by Gasteiger charge is 2.55. The average molecular weight is 927 g/mol. The highest BCUT2D eigenvalue weighted by molar-refractivity contribution is 5.46. The fourth-order valence-electron chi connectivity index (χ4n) is 18.6. The first kappa shape index (κ1) is 42.9. The zero-order chi connectivity index (χ0) is 45.9. The number of likely N-dealkylation sites (tertiary alicyclic amines) is 3. The number of hydrogen-bond acceptors (Lipinski definition) is 4. The summed E-state index contributed by atoms with van der Waals surface area (Å²) in [6.07, 6.45) is 84.1. The van der Waals surface area contributed by atoms with Gasteiger partial charge in [-0.05, 0) is 192 Å². The lowest BCUT2D eigenvalue weighted by Crippen LogP contribution is -2.42. The molecule has 11 aliphatic carbocycles. The van der Waals surface area contributed by atoms with Gasteiger partial charge in [-0.2, -0.15) is 0 Å². The van der Waals surface area contributed by atoms with Crippen LogP contribution in [0.15, 0.2) is 180 Å². The lowest BCUT2D eigenvalue weighted by Gasteiger charge is -2.41. The van der Waals surface area contributed by atoms with Crippen molar-refractivity contribution in [1.29, 1.82) is 0 Å². The van der Waals surface area contributed by atoms with Crippen LogP contribution in [0.4, 0.5) is 0 Å². The van der Waals surface area contributed by atoms with E-state index in [-0.39, 0.29) is 0 Å². The molecule has 0 radical (unpaired) electrons. The van der Waals surface area contributed by atoms with E-state index in [9.17, 15) is 0 Å². The number of fused-ring (bicyclic) bond motifs is 11. The minimum atomic E-state index is 0.489. The van der Waals surface area contributed by atoms with Gasteiger partial charge >= 0.3 is 0 Å². The van der Waals surface area contributed by atoms with E-state index in [1.54, 1.807) is 28.4 Å². The molecule has 0 aromatic carbocycles. The molecule has 4 nitrogen and oxygen atoms in total. The molecule has 18 unspecified atom stereocenters. The van der Waals surface area contributed by atoms with Crippen molar-refractivity contribution in [3.8, 4) is 0 Å². The van der Waals surface area contributed by atoms with Gasteiger partial charge < -0.3 is 19.6 Å². The first-order valence-corrected chi connectivity index (χ1v) is 29.1. The van der Waals surface area contributed by atoms with E-state index >= 15 is 0 Å². The van der Waals surface area contributed by atoms with Gasteiger partial charge in [0.05, 0.1) is 42.3 Å². The lowest BCUT2D eigenvalue weighted by molar-refractivity contribution is 0.191. The molecule has 0 spiro atoms. The van der Waals surface area contributed by atoms with Crippen molar-refractivity contribution < 1.29 is 0 Å². The van der Waals surface area contributed by atoms with Crippen molar-refractivity contribution in [2.24, 2.45) is 59.2 Å². The molecule has 0 saturated carbocycles. The summed E-state index contributed by atoms with van der Waals surface area (Å²) in [4.78, 5) is 11.7. The fourth-order valence-corrected chi connectivity index (χ4v) is 18.6. The maximum Gasteiger partial charge on any atom is 0.0580 e. The predicted octanol–water partition coefficient (Wildman–Crippen LogP) is 13.9. The van der Waals surface area contributed by atoms with Crippen LogP contribution in [0.3, 0.4) is 0 Å². The molecule has 4 heterocycles. The van der Waals surface area contributed by atoms with Crippen molar-refractivity contribution in [1.82, 2.24) is 19.6 Å². The smallest absolute Gasteiger partial charge is 0.0580 e. The van der Waals surface area contributed by atoms with E-state index in [4.69, 9.17) is 0 Å². The first-order valence-electron chi connectivity index (χ1n) is 29.1. The quantitative estimate of drug-likeness (QED) is 0.246. The highest BCUT2D eigenvalue weighted by atomic mass is 15.3. The van der Waals surface area contributed by atoms with Crippen molar-refractivity contribution >= 4 is 0 Å². The van der Waals surface area contributed by atoms with Crippen LogP contribution in [0.1, 0.15) is 116 Å². The Kier molecular flexibility index (Phi) is 10.7. The molecule has 4 aliphatic heterocycles. The second-order valence-electron chi connectivity index (χ2n) is 24.7. The summed E-state index contributed by atoms with van der Waals surface area (Å²) >= 11 is 0. The van der Waals surface area contributed by atoms with Gasteiger partial charge in [-0.25, -0.2) is 0 Å². The van der Waals surface area contributed by atoms with Crippen molar-refractivity contribution in [2.45, 2.75) is 164 Å². The van der Waals surface area contributed by atoms with Gasteiger partial charge in [-0.3, -0.25) is 0 Å². The zero-order valence-corrected chi connectivity index (χ0v) is 41.8. The lowest BCUT2D eigenvalue weighted by atomic mass is 9.64. The zero-order valence-electron chi connectivity index (χ0n) is 41.8. The van der Waals surface area contributed by atoms with Crippen LogP contribution in [0.25, 0.3) is 0 Å². The molecule has 362 valence electrons. The van der Waals surface area contributed by atoms with E-state index in [2.05, 4.69) is 165 Å². The molecule has 15 aliphatic rings. The van der Waals surface area contributed by atoms with Gasteiger partial charge in [0, 0.05) is 40.7 Å². The molecule has 70 heavy (non-hydrogen) atoms. The third kappa shape index (κ3) is 6.86. The van der Waals surface area contributed by atoms with Crippen LogP contribution in [0, 0.1) is 59.2 Å². The Hall–Kier alpha value is -4.70. The topological polar surface area (TPSA) is 13.0 Å². The van der Waals surface area contributed by atoms with E-state index in [1.807, 2.05) is 5.57 Å². The Labute approximate surface area is 420 Å². The maximum absolute atomic E-state index is 2.99. The molecular formula is C66H78N4. The molecular weight excluding hydrogens is 849 g/mol. The van der Waals surface area contributed by atoms with E-state index in [0.29, 0.717) is 83.8 Å². The van der Waals surface area contributed by atoms with Crippen LogP contribution in [0.5, 0.6) is 0 Å². The third-order valence-electron chi connectivity index (χ3n) is 21.6. The molecule has 0 amide bonds. The number of nitrogens with zero attached hydrogens (tertiary/aromatic N) is 4. The normalized spacial score (nSPS) is 44.6. The minimum absolute atomic E-state index is 0.489. The van der Waals surface area contributed by atoms with Gasteiger partial charge in [0.1, 0.15) is 0 Å². The van der Waals surface area contributed by atoms with Crippen LogP contribution in [-0.4, -0.2) is 67.9 Å². The standard InChI is InChI=1S/C66H78N4/c1-4-16-47(17-5-1)67-60-26-14-11-23-52(60)55-38-43(28-34-62(55)67)45-30-36-64-57(40-45)58-41-46(31-37-65(58)68(64)48-18-6-2-7-19-48)44-29-35-63-56(39-44)53-24-12-15-27-61(53)70(63)50-32-33-54-51-22-10-13-25-59(51)69(66(54)42-50)49-20-8-3-9-21-49/h1-4,6,8,10,13-16,18,22,25-27,29-31,35-38,42-46,49,51-53,56-65H,5,7,9,11-12,17,19-21,23-24,28,32-34,39-41H2. The van der Waals surface area contributed by atoms with Gasteiger partial charge in [0.2, 0.25) is 0 Å². The number of allylic oxidation sites excluding steroid dienone is 19. The highest BCUT2D eigenvalue weighted by Crippen LogP contribution is 2.57. The van der Waals surface area contributed by atoms with E-state index in [1.165, 1.54) is 116 Å². The summed E-state index contributed by atoms with van der Waals surface area (Å²) in [6.45, 7) is 0. The molecule has 15 rings (SSSR count). The molecule has 0 aromatic heterocycles. The van der Waals surface area contributed by atoms with Crippen LogP contribution >= 0.6 is 0 Å². The largest absolute Gasteiger partial charge is 0.361 e. The van der Waals surface area contributed by atoms with Gasteiger partial charge in [0.25, 0.3) is 0 Å². The second kappa shape index (κ2) is 17.5. The summed E-state index contributed by atoms with van der Waals surface area (Å²) < 4.78 is 0. The Balaban J connectivity index is 0.704. The minimum Gasteiger partial charge on any atom is -0.361 e. The molecule has 18 atom stereocenters. The summed E-state index contributed by atoms with van der Waals surface area (Å²) in [7, 11) is 0. The first-order chi connectivity index (χ1) is 34.7. The van der Waals surface area contributed by atoms with E-state index < -0.39 is 0 Å². The van der Waals surface area contributed by atoms with Gasteiger partial charge in [-0.15, -0.1) is 0 Å². The molecule has 4 heteroatoms. The fraction of sp³-hybridized carbons (Fsp3) is 0.545. The average Bonchev–Trinajstić information content (AvgIpc) is 4.15. The molecule has 0 N–H and O–H groups in total. The van der Waals surface area contributed by atoms with Crippen molar-refractivity contribution in [3.05, 3.63) is 180 Å². The van der Waals surface area contributed by atoms with E-state index in [0.717, 1.165) is 23.7 Å². The van der Waals surface area contributed by atoms with Gasteiger partial charge in [0.15, 0.2) is 0 Å². The molecule has 3 saturated heterocycles. The van der Waals surface area contributed by atoms with Crippen molar-refractivity contribution in [2.75, 3.05) is 0 Å². The molecule has 0 bridgehead atoms. The van der Waals surface area contributed by atoms with Gasteiger partial charge in [-0.1, -0.05) is 128 Å². The summed E-state index contributed by atoms with van der Waals surface area (Å²) in [6, 6.07) is 4.38. The summed E-state index contributed by atoms with van der Waals surface area (Å²) in [5.41, 5.74) is 9.94. The second-order valence-corrected chi connectivity index (χ2v) is 24.7.